The third-order valence-corrected chi connectivity index (χ3v) is 5.02. The molecule has 0 amide bonds. The van der Waals surface area contributed by atoms with Crippen molar-refractivity contribution in [2.24, 2.45) is 5.92 Å². The third kappa shape index (κ3) is 3.32. The Hall–Kier alpha value is -3.09. The number of ketones is 1. The molecule has 7 heteroatoms. The van der Waals surface area contributed by atoms with Crippen LogP contribution in [0.5, 0.6) is 34.5 Å². The number of hydrogen-bond donors (Lipinski definition) is 6. The Labute approximate surface area is 156 Å². The van der Waals surface area contributed by atoms with E-state index < -0.39 is 40.4 Å². The molecule has 2 rings (SSSR count). The molecule has 146 valence electrons. The van der Waals surface area contributed by atoms with Gasteiger partial charge in [0, 0.05) is 40.7 Å². The summed E-state index contributed by atoms with van der Waals surface area (Å²) < 4.78 is 0. The van der Waals surface area contributed by atoms with Gasteiger partial charge in [-0.2, -0.15) is 0 Å². The van der Waals surface area contributed by atoms with Crippen molar-refractivity contribution in [3.8, 4) is 34.5 Å². The van der Waals surface area contributed by atoms with Crippen LogP contribution in [-0.4, -0.2) is 36.4 Å². The maximum absolute atomic E-state index is 12.6. The molecule has 27 heavy (non-hydrogen) atoms. The van der Waals surface area contributed by atoms with Gasteiger partial charge in [0.05, 0.1) is 0 Å². The Bertz CT molecular complexity index is 916. The summed E-state index contributed by atoms with van der Waals surface area (Å²) in [5, 5.41) is 61.2. The summed E-state index contributed by atoms with van der Waals surface area (Å²) in [5.74, 6) is -3.64. The maximum atomic E-state index is 12.6. The Morgan fingerprint density at radius 3 is 1.96 bits per heavy atom. The Morgan fingerprint density at radius 2 is 1.41 bits per heavy atom. The second kappa shape index (κ2) is 7.26. The summed E-state index contributed by atoms with van der Waals surface area (Å²) in [6.07, 6.45) is 0.171. The van der Waals surface area contributed by atoms with Gasteiger partial charge in [-0.05, 0) is 20.3 Å². The van der Waals surface area contributed by atoms with Crippen LogP contribution in [-0.2, 0) is 6.42 Å². The molecule has 1 unspecified atom stereocenters. The minimum Gasteiger partial charge on any atom is -0.507 e. The number of phenols is 6. The molecular formula is C20H24O7. The lowest BCUT2D eigenvalue weighted by atomic mass is 9.89. The van der Waals surface area contributed by atoms with Gasteiger partial charge in [0.25, 0.3) is 0 Å². The smallest absolute Gasteiger partial charge is 0.173 e. The van der Waals surface area contributed by atoms with E-state index in [1.54, 1.807) is 13.8 Å². The molecule has 2 aromatic rings. The number of carbonyl (C=O) groups excluding carboxylic acids is 1. The van der Waals surface area contributed by atoms with Crippen molar-refractivity contribution < 1.29 is 35.4 Å². The highest BCUT2D eigenvalue weighted by Gasteiger charge is 2.29. The Balaban J connectivity index is 2.71. The molecule has 0 aliphatic heterocycles. The van der Waals surface area contributed by atoms with Crippen LogP contribution in [0.2, 0.25) is 0 Å². The zero-order valence-corrected chi connectivity index (χ0v) is 15.7. The molecule has 0 saturated carbocycles. The molecule has 0 saturated heterocycles. The highest BCUT2D eigenvalue weighted by molar-refractivity contribution is 6.03. The normalized spacial score (nSPS) is 12.1. The highest BCUT2D eigenvalue weighted by Crippen LogP contribution is 2.46. The monoisotopic (exact) mass is 376 g/mol. The van der Waals surface area contributed by atoms with Crippen molar-refractivity contribution in [3.05, 3.63) is 33.9 Å². The van der Waals surface area contributed by atoms with E-state index in [1.165, 1.54) is 13.8 Å². The van der Waals surface area contributed by atoms with E-state index in [1.807, 2.05) is 0 Å². The lowest BCUT2D eigenvalue weighted by Crippen LogP contribution is -2.12. The van der Waals surface area contributed by atoms with Gasteiger partial charge in [0.2, 0.25) is 0 Å². The van der Waals surface area contributed by atoms with Crippen LogP contribution in [0.1, 0.15) is 52.9 Å². The maximum Gasteiger partial charge on any atom is 0.173 e. The van der Waals surface area contributed by atoms with Crippen LogP contribution in [0.3, 0.4) is 0 Å². The molecular weight excluding hydrogens is 352 g/mol. The van der Waals surface area contributed by atoms with Crippen LogP contribution < -0.4 is 0 Å². The predicted molar refractivity (Wildman–Crippen MR) is 98.9 cm³/mol. The lowest BCUT2D eigenvalue weighted by Gasteiger charge is -2.19. The standard InChI is InChI=1S/C20H24O7/c1-5-8(2)16(23)15-19(26)10(4)18(25)12(20(15)27)6-11-14(22)7-13(21)9(3)17(11)24/h7-8,21-22,24-27H,5-6H2,1-4H3. The van der Waals surface area contributed by atoms with Gasteiger partial charge in [-0.3, -0.25) is 4.79 Å². The number of Topliss-reactive ketones (excluding diaryl/α,β-unsaturated/α-hetero) is 1. The van der Waals surface area contributed by atoms with Crippen molar-refractivity contribution in [2.45, 2.75) is 40.5 Å². The van der Waals surface area contributed by atoms with Crippen molar-refractivity contribution in [2.75, 3.05) is 0 Å². The Kier molecular flexibility index (Phi) is 5.44. The van der Waals surface area contributed by atoms with Crippen LogP contribution in [0.4, 0.5) is 0 Å². The first-order valence-electron chi connectivity index (χ1n) is 8.56. The van der Waals surface area contributed by atoms with Gasteiger partial charge in [0.1, 0.15) is 40.1 Å². The van der Waals surface area contributed by atoms with Gasteiger partial charge in [-0.25, -0.2) is 0 Å². The minimum atomic E-state index is -0.606. The van der Waals surface area contributed by atoms with E-state index in [0.29, 0.717) is 6.42 Å². The van der Waals surface area contributed by atoms with Crippen molar-refractivity contribution in [1.82, 2.24) is 0 Å². The first kappa shape index (κ1) is 20.2. The SMILES string of the molecule is CCC(C)C(=O)c1c(O)c(C)c(O)c(Cc2c(O)cc(O)c(C)c2O)c1O. The predicted octanol–water partition coefficient (Wildman–Crippen LogP) is 3.36. The average molecular weight is 376 g/mol. The second-order valence-electron chi connectivity index (χ2n) is 6.74. The first-order chi connectivity index (χ1) is 12.5. The molecule has 1 atom stereocenters. The van der Waals surface area contributed by atoms with E-state index in [9.17, 15) is 35.4 Å². The van der Waals surface area contributed by atoms with Gasteiger partial charge in [0.15, 0.2) is 5.78 Å². The number of carbonyl (C=O) groups is 1. The fraction of sp³-hybridized carbons (Fsp3) is 0.350. The Morgan fingerprint density at radius 1 is 0.852 bits per heavy atom. The summed E-state index contributed by atoms with van der Waals surface area (Å²) in [4.78, 5) is 12.6. The van der Waals surface area contributed by atoms with Gasteiger partial charge in [-0.1, -0.05) is 13.8 Å². The number of phenolic OH excluding ortho intramolecular Hbond substituents is 6. The van der Waals surface area contributed by atoms with Crippen LogP contribution >= 0.6 is 0 Å². The molecule has 0 aromatic heterocycles. The first-order valence-corrected chi connectivity index (χ1v) is 8.56. The zero-order chi connectivity index (χ0) is 20.6. The molecule has 0 fully saturated rings. The molecule has 0 aliphatic rings. The minimum absolute atomic E-state index is 0.00364. The molecule has 7 nitrogen and oxygen atoms in total. The van der Waals surface area contributed by atoms with Crippen LogP contribution in [0.15, 0.2) is 6.07 Å². The largest absolute Gasteiger partial charge is 0.507 e. The fourth-order valence-electron chi connectivity index (χ4n) is 2.88. The van der Waals surface area contributed by atoms with E-state index >= 15 is 0 Å². The van der Waals surface area contributed by atoms with E-state index in [-0.39, 0.29) is 40.0 Å². The van der Waals surface area contributed by atoms with Gasteiger partial charge >= 0.3 is 0 Å². The molecule has 0 aliphatic carbocycles. The second-order valence-corrected chi connectivity index (χ2v) is 6.74. The molecule has 0 heterocycles. The van der Waals surface area contributed by atoms with Crippen molar-refractivity contribution >= 4 is 5.78 Å². The van der Waals surface area contributed by atoms with Crippen LogP contribution in [0, 0.1) is 19.8 Å². The summed E-state index contributed by atoms with van der Waals surface area (Å²) in [6, 6.07) is 1.04. The fourth-order valence-corrected chi connectivity index (χ4v) is 2.88. The summed E-state index contributed by atoms with van der Waals surface area (Å²) in [5.41, 5.74) is -0.336. The molecule has 0 spiro atoms. The summed E-state index contributed by atoms with van der Waals surface area (Å²) in [6.45, 7) is 6.28. The molecule has 0 radical (unpaired) electrons. The van der Waals surface area contributed by atoms with Crippen molar-refractivity contribution in [3.63, 3.8) is 0 Å². The zero-order valence-electron chi connectivity index (χ0n) is 15.7. The third-order valence-electron chi connectivity index (χ3n) is 5.02. The topological polar surface area (TPSA) is 138 Å². The molecule has 6 N–H and O–H groups in total. The number of benzene rings is 2. The van der Waals surface area contributed by atoms with Crippen LogP contribution in [0.25, 0.3) is 0 Å². The highest BCUT2D eigenvalue weighted by atomic mass is 16.3. The molecule has 2 aromatic carbocycles. The van der Waals surface area contributed by atoms with E-state index in [0.717, 1.165) is 6.07 Å². The number of rotatable bonds is 5. The quantitative estimate of drug-likeness (QED) is 0.440. The average Bonchev–Trinajstić information content (AvgIpc) is 2.63. The van der Waals surface area contributed by atoms with Gasteiger partial charge < -0.3 is 30.6 Å². The lowest BCUT2D eigenvalue weighted by molar-refractivity contribution is 0.0921. The summed E-state index contributed by atoms with van der Waals surface area (Å²) >= 11 is 0. The van der Waals surface area contributed by atoms with Gasteiger partial charge in [-0.15, -0.1) is 0 Å². The number of hydrogen-bond acceptors (Lipinski definition) is 7. The molecule has 0 bridgehead atoms. The van der Waals surface area contributed by atoms with E-state index in [4.69, 9.17) is 0 Å². The number of aromatic hydroxyl groups is 6. The van der Waals surface area contributed by atoms with Crippen molar-refractivity contribution in [1.29, 1.82) is 0 Å². The summed E-state index contributed by atoms with van der Waals surface area (Å²) in [7, 11) is 0. The van der Waals surface area contributed by atoms with E-state index in [2.05, 4.69) is 0 Å².